The molecule has 2 heterocycles. The SMILES string of the molecule is COc1ccc2c(c1)S\C(=C/C=C/C=C/c1sc3cc(C)ccc3[n+]1C)N2C. The Morgan fingerprint density at radius 2 is 1.93 bits per heavy atom. The maximum absolute atomic E-state index is 5.33. The second-order valence-electron chi connectivity index (χ2n) is 6.71. The van der Waals surface area contributed by atoms with Crippen molar-refractivity contribution in [1.29, 1.82) is 0 Å². The lowest BCUT2D eigenvalue weighted by atomic mass is 10.2. The summed E-state index contributed by atoms with van der Waals surface area (Å²) in [6.45, 7) is 2.14. The van der Waals surface area contributed by atoms with E-state index < -0.39 is 0 Å². The molecule has 1 aliphatic heterocycles. The van der Waals surface area contributed by atoms with Crippen LogP contribution in [0.25, 0.3) is 16.3 Å². The number of hydrogen-bond donors (Lipinski definition) is 0. The van der Waals surface area contributed by atoms with Crippen molar-refractivity contribution < 1.29 is 9.30 Å². The van der Waals surface area contributed by atoms with Crippen LogP contribution in [0.1, 0.15) is 10.6 Å². The Bertz CT molecular complexity index is 1130. The van der Waals surface area contributed by atoms with Crippen molar-refractivity contribution in [3.8, 4) is 5.75 Å². The van der Waals surface area contributed by atoms with E-state index >= 15 is 0 Å². The smallest absolute Gasteiger partial charge is 0.262 e. The van der Waals surface area contributed by atoms with Gasteiger partial charge in [-0.25, -0.2) is 0 Å². The lowest BCUT2D eigenvalue weighted by Crippen LogP contribution is -2.28. The number of anilines is 1. The first-order valence-corrected chi connectivity index (χ1v) is 10.7. The van der Waals surface area contributed by atoms with Crippen molar-refractivity contribution in [2.24, 2.45) is 7.05 Å². The van der Waals surface area contributed by atoms with Gasteiger partial charge in [-0.15, -0.1) is 0 Å². The van der Waals surface area contributed by atoms with E-state index in [2.05, 4.69) is 91.2 Å². The quantitative estimate of drug-likeness (QED) is 0.408. The molecule has 0 radical (unpaired) electrons. The monoisotopic (exact) mass is 407 g/mol. The maximum Gasteiger partial charge on any atom is 0.262 e. The molecule has 3 aromatic rings. The van der Waals surface area contributed by atoms with Gasteiger partial charge in [0.2, 0.25) is 5.52 Å². The van der Waals surface area contributed by atoms with Crippen LogP contribution < -0.4 is 14.2 Å². The van der Waals surface area contributed by atoms with Gasteiger partial charge in [-0.1, -0.05) is 47.4 Å². The van der Waals surface area contributed by atoms with E-state index in [9.17, 15) is 0 Å². The maximum atomic E-state index is 5.33. The Morgan fingerprint density at radius 1 is 1.07 bits per heavy atom. The number of aryl methyl sites for hydroxylation is 2. The molecule has 0 bridgehead atoms. The molecule has 28 heavy (non-hydrogen) atoms. The average Bonchev–Trinajstić information content (AvgIpc) is 3.17. The molecular weight excluding hydrogens is 384 g/mol. The fraction of sp³-hybridized carbons (Fsp3) is 0.174. The summed E-state index contributed by atoms with van der Waals surface area (Å²) in [5, 5.41) is 2.44. The van der Waals surface area contributed by atoms with Crippen LogP contribution in [0.5, 0.6) is 5.75 Å². The van der Waals surface area contributed by atoms with Gasteiger partial charge in [-0.2, -0.15) is 4.57 Å². The first-order chi connectivity index (χ1) is 13.6. The van der Waals surface area contributed by atoms with Crippen molar-refractivity contribution in [2.75, 3.05) is 19.1 Å². The van der Waals surface area contributed by atoms with Gasteiger partial charge in [0.25, 0.3) is 5.01 Å². The van der Waals surface area contributed by atoms with Gasteiger partial charge in [0.15, 0.2) is 0 Å². The van der Waals surface area contributed by atoms with E-state index in [1.165, 1.54) is 36.4 Å². The van der Waals surface area contributed by atoms with E-state index in [1.807, 2.05) is 17.4 Å². The number of fused-ring (bicyclic) bond motifs is 2. The Labute approximate surface area is 174 Å². The van der Waals surface area contributed by atoms with Crippen LogP contribution >= 0.6 is 23.1 Å². The van der Waals surface area contributed by atoms with Crippen LogP contribution in [0.15, 0.2) is 70.6 Å². The van der Waals surface area contributed by atoms with Crippen LogP contribution in [0.4, 0.5) is 5.69 Å². The van der Waals surface area contributed by atoms with Crippen LogP contribution in [0.3, 0.4) is 0 Å². The van der Waals surface area contributed by atoms with Gasteiger partial charge in [-0.05, 0) is 42.8 Å². The standard InChI is InChI=1S/C23H23N2OS2/c1-16-10-12-18-20(14-16)27-22(24(18)2)8-6-5-7-9-23-25(3)19-13-11-17(26-4)15-21(19)28-23/h5-15H,1-4H3/q+1. The lowest BCUT2D eigenvalue weighted by molar-refractivity contribution is -0.642. The molecule has 0 aliphatic carbocycles. The number of allylic oxidation sites excluding steroid dienone is 4. The highest BCUT2D eigenvalue weighted by Gasteiger charge is 2.21. The van der Waals surface area contributed by atoms with Crippen molar-refractivity contribution in [3.05, 3.63) is 76.3 Å². The molecule has 2 aromatic carbocycles. The number of thiazole rings is 1. The number of methoxy groups -OCH3 is 1. The van der Waals surface area contributed by atoms with E-state index in [0.717, 1.165) is 5.75 Å². The molecule has 0 unspecified atom stereocenters. The van der Waals surface area contributed by atoms with Crippen LogP contribution in [0, 0.1) is 6.92 Å². The van der Waals surface area contributed by atoms with E-state index in [4.69, 9.17) is 4.74 Å². The highest BCUT2D eigenvalue weighted by Crippen LogP contribution is 2.46. The fourth-order valence-electron chi connectivity index (χ4n) is 3.19. The molecule has 0 atom stereocenters. The first kappa shape index (κ1) is 18.8. The summed E-state index contributed by atoms with van der Waals surface area (Å²) in [6.07, 6.45) is 10.6. The summed E-state index contributed by atoms with van der Waals surface area (Å²) in [5.74, 6) is 0.894. The van der Waals surface area contributed by atoms with E-state index in [0.29, 0.717) is 0 Å². The second kappa shape index (κ2) is 7.86. The molecule has 0 N–H and O–H groups in total. The minimum atomic E-state index is 0.894. The third kappa shape index (κ3) is 3.60. The van der Waals surface area contributed by atoms with Gasteiger partial charge in [0.1, 0.15) is 17.5 Å². The molecule has 1 aromatic heterocycles. The van der Waals surface area contributed by atoms with Crippen molar-refractivity contribution in [1.82, 2.24) is 0 Å². The lowest BCUT2D eigenvalue weighted by Gasteiger charge is -2.12. The molecule has 0 fully saturated rings. The summed E-state index contributed by atoms with van der Waals surface area (Å²) in [7, 11) is 5.92. The first-order valence-electron chi connectivity index (χ1n) is 9.10. The summed E-state index contributed by atoms with van der Waals surface area (Å²) in [5.41, 5.74) is 3.79. The largest absolute Gasteiger partial charge is 0.497 e. The number of benzene rings is 2. The van der Waals surface area contributed by atoms with E-state index in [-0.39, 0.29) is 0 Å². The zero-order valence-corrected chi connectivity index (χ0v) is 18.1. The Balaban J connectivity index is 1.48. The predicted molar refractivity (Wildman–Crippen MR) is 121 cm³/mol. The van der Waals surface area contributed by atoms with Gasteiger partial charge < -0.3 is 9.64 Å². The second-order valence-corrected chi connectivity index (χ2v) is 8.84. The number of hydrogen-bond acceptors (Lipinski definition) is 4. The molecule has 3 nitrogen and oxygen atoms in total. The molecule has 0 spiro atoms. The average molecular weight is 408 g/mol. The molecular formula is C23H23N2OS2+. The third-order valence-corrected chi connectivity index (χ3v) is 7.13. The molecule has 0 saturated carbocycles. The van der Waals surface area contributed by atoms with Gasteiger partial charge in [-0.3, -0.25) is 0 Å². The Hall–Kier alpha value is -2.50. The number of aromatic nitrogens is 1. The zero-order chi connectivity index (χ0) is 19.7. The molecule has 0 amide bonds. The topological polar surface area (TPSA) is 16.4 Å². The molecule has 142 valence electrons. The molecule has 1 aliphatic rings. The minimum Gasteiger partial charge on any atom is -0.497 e. The summed E-state index contributed by atoms with van der Waals surface area (Å²) < 4.78 is 8.89. The normalized spacial score (nSPS) is 15.4. The number of ether oxygens (including phenoxy) is 1. The highest BCUT2D eigenvalue weighted by molar-refractivity contribution is 8.03. The number of thioether (sulfide) groups is 1. The Morgan fingerprint density at radius 3 is 2.75 bits per heavy atom. The van der Waals surface area contributed by atoms with Gasteiger partial charge in [0, 0.05) is 24.1 Å². The van der Waals surface area contributed by atoms with Crippen LogP contribution in [-0.2, 0) is 7.05 Å². The van der Waals surface area contributed by atoms with E-state index in [1.54, 1.807) is 18.9 Å². The van der Waals surface area contributed by atoms with Crippen molar-refractivity contribution >= 4 is 45.1 Å². The molecule has 5 heteroatoms. The molecule has 4 rings (SSSR count). The van der Waals surface area contributed by atoms with Crippen LogP contribution in [0.2, 0.25) is 0 Å². The van der Waals surface area contributed by atoms with Crippen molar-refractivity contribution in [2.45, 2.75) is 11.8 Å². The molecule has 0 saturated heterocycles. The summed E-state index contributed by atoms with van der Waals surface area (Å²) in [6, 6.07) is 12.8. The predicted octanol–water partition coefficient (Wildman–Crippen LogP) is 5.70. The third-order valence-electron chi connectivity index (χ3n) is 4.80. The highest BCUT2D eigenvalue weighted by atomic mass is 32.2. The van der Waals surface area contributed by atoms with Gasteiger partial charge in [0.05, 0.1) is 17.8 Å². The summed E-state index contributed by atoms with van der Waals surface area (Å²) >= 11 is 3.58. The zero-order valence-electron chi connectivity index (χ0n) is 16.5. The van der Waals surface area contributed by atoms with Gasteiger partial charge >= 0.3 is 0 Å². The number of nitrogens with zero attached hydrogens (tertiary/aromatic N) is 2. The minimum absolute atomic E-state index is 0.894. The fourth-order valence-corrected chi connectivity index (χ4v) is 5.45. The number of rotatable bonds is 4. The van der Waals surface area contributed by atoms with Crippen LogP contribution in [-0.4, -0.2) is 14.2 Å². The summed E-state index contributed by atoms with van der Waals surface area (Å²) in [4.78, 5) is 3.44. The Kier molecular flexibility index (Phi) is 5.29. The van der Waals surface area contributed by atoms with Crippen molar-refractivity contribution in [3.63, 3.8) is 0 Å².